The molecular formula is C70H94N10O11. The number of rotatable bonds is 29. The molecule has 21 nitrogen and oxygen atoms in total. The second-order valence-electron chi connectivity index (χ2n) is 25.3. The first-order chi connectivity index (χ1) is 43.0. The van der Waals surface area contributed by atoms with Crippen LogP contribution in [0.5, 0.6) is 0 Å². The van der Waals surface area contributed by atoms with E-state index in [0.29, 0.717) is 45.7 Å². The fraction of sp³-hybridized carbons (Fsp3) is 0.471. The second-order valence-corrected chi connectivity index (χ2v) is 25.3. The molecule has 0 spiro atoms. The number of nitrogens with one attached hydrogen (secondary N) is 5. The predicted molar refractivity (Wildman–Crippen MR) is 351 cm³/mol. The van der Waals surface area contributed by atoms with Gasteiger partial charge in [-0.2, -0.15) is 15.4 Å². The van der Waals surface area contributed by atoms with E-state index in [2.05, 4.69) is 36.7 Å². The normalized spacial score (nSPS) is 13.8. The number of aromatic nitrogens is 3. The van der Waals surface area contributed by atoms with Crippen LogP contribution in [-0.4, -0.2) is 123 Å². The Bertz CT molecular complexity index is 3400. The lowest BCUT2D eigenvalue weighted by Gasteiger charge is -2.40. The van der Waals surface area contributed by atoms with Crippen molar-refractivity contribution in [3.05, 3.63) is 137 Å². The molecule has 4 aromatic carbocycles. The molecule has 91 heavy (non-hydrogen) atoms. The highest BCUT2D eigenvalue weighted by Crippen LogP contribution is 2.40. The van der Waals surface area contributed by atoms with Crippen LogP contribution in [-0.2, 0) is 74.5 Å². The van der Waals surface area contributed by atoms with Crippen molar-refractivity contribution in [3.63, 3.8) is 0 Å². The number of esters is 1. The Morgan fingerprint density at radius 2 is 1.38 bits per heavy atom. The Labute approximate surface area is 535 Å². The van der Waals surface area contributed by atoms with Gasteiger partial charge in [-0.3, -0.25) is 33.6 Å². The van der Waals surface area contributed by atoms with Gasteiger partial charge in [-0.1, -0.05) is 173 Å². The number of aliphatic carboxylic acids is 1. The van der Waals surface area contributed by atoms with E-state index in [4.69, 9.17) is 10.5 Å². The number of hydrogen-bond acceptors (Lipinski definition) is 13. The van der Waals surface area contributed by atoms with E-state index in [1.807, 2.05) is 137 Å². The monoisotopic (exact) mass is 1250 g/mol. The summed E-state index contributed by atoms with van der Waals surface area (Å²) in [4.78, 5) is 124. The minimum Gasteiger partial charge on any atom is -0.478 e. The molecule has 8 N–H and O–H groups in total. The van der Waals surface area contributed by atoms with Crippen LogP contribution >= 0.6 is 0 Å². The summed E-state index contributed by atoms with van der Waals surface area (Å²) < 4.78 is 5.70. The molecule has 5 aromatic rings. The number of anilines is 1. The number of Topliss-reactive ketones (excluding diaryl/α,β-unsaturated/α-hetero) is 2. The largest absolute Gasteiger partial charge is 0.478 e. The number of para-hydroxylation sites is 1. The molecule has 21 heteroatoms. The van der Waals surface area contributed by atoms with Gasteiger partial charge in [0.2, 0.25) is 23.6 Å². The van der Waals surface area contributed by atoms with Crippen molar-refractivity contribution in [1.82, 2.24) is 41.6 Å². The molecule has 0 bridgehead atoms. The minimum absolute atomic E-state index is 0.0587. The zero-order valence-corrected chi connectivity index (χ0v) is 55.3. The number of likely N-dealkylation sites (N-methyl/N-ethyl adjacent to an activating group) is 2. The lowest BCUT2D eigenvalue weighted by Crippen LogP contribution is -2.61. The van der Waals surface area contributed by atoms with Crippen molar-refractivity contribution in [1.29, 1.82) is 0 Å². The van der Waals surface area contributed by atoms with Gasteiger partial charge in [0, 0.05) is 67.3 Å². The standard InChI is InChI=1S/C68H88N10O11.C2H6/c1-40(2)51(37-48(79)30-31-56(81)78-38-46-20-13-14-22-49(46)58-59(75-76-74-58)50-23-15-16-25-53(50)78)62(83)72-52(24-18-32-71-66(69)88)55(80)35-43-26-28-44(29-27-43)39-89-57(82)36-45-19-17-21-47(34-45)68(9,10)60(70-11)63(84)73-61(67(6,7)8)64(85)77(12)54(41(3)4)33-42(5)65(86)87;1-2/h13-17,19-23,25-29,33-34,40-41,51-52,54,60-61,70H,18,24,30-32,35-39H2,1-12H3,(H,72,83)(H,73,84)(H,86,87)(H3,69,71,88)(H,74,75,76);1-2H3/b42-33+;/t51-,52-,54+,60+,61?;/m0./s1. The van der Waals surface area contributed by atoms with Crippen molar-refractivity contribution < 1.29 is 53.0 Å². The van der Waals surface area contributed by atoms with E-state index in [1.165, 1.54) is 11.8 Å². The molecule has 5 atom stereocenters. The molecule has 0 saturated carbocycles. The van der Waals surface area contributed by atoms with Gasteiger partial charge in [0.15, 0.2) is 5.78 Å². The average Bonchev–Trinajstić information content (AvgIpc) is 1.88. The fourth-order valence-corrected chi connectivity index (χ4v) is 11.2. The number of fused-ring (bicyclic) bond motifs is 5. The number of nitrogens with zero attached hydrogens (tertiary/aromatic N) is 4. The number of amides is 6. The summed E-state index contributed by atoms with van der Waals surface area (Å²) in [6.07, 6.45) is 1.53. The zero-order chi connectivity index (χ0) is 67.5. The van der Waals surface area contributed by atoms with E-state index >= 15 is 0 Å². The zero-order valence-electron chi connectivity index (χ0n) is 55.3. The summed E-state index contributed by atoms with van der Waals surface area (Å²) in [7, 11) is 3.27. The van der Waals surface area contributed by atoms with Crippen LogP contribution in [0.4, 0.5) is 10.5 Å². The number of hydrogen-bond donors (Lipinski definition) is 7. The highest BCUT2D eigenvalue weighted by atomic mass is 16.5. The summed E-state index contributed by atoms with van der Waals surface area (Å²) >= 11 is 0. The van der Waals surface area contributed by atoms with Crippen LogP contribution < -0.4 is 31.9 Å². The first-order valence-corrected chi connectivity index (χ1v) is 31.3. The van der Waals surface area contributed by atoms with Gasteiger partial charge in [-0.05, 0) is 77.9 Å². The molecular weight excluding hydrogens is 1160 g/mol. The topological polar surface area (TPSA) is 305 Å². The number of H-pyrrole nitrogens is 1. The number of urea groups is 1. The number of nitrogens with two attached hydrogens (primary N) is 1. The molecule has 0 saturated heterocycles. The minimum atomic E-state index is -1.08. The van der Waals surface area contributed by atoms with Gasteiger partial charge >= 0.3 is 18.0 Å². The average molecular weight is 1250 g/mol. The molecule has 2 heterocycles. The van der Waals surface area contributed by atoms with Gasteiger partial charge in [0.25, 0.3) is 0 Å². The number of ether oxygens (including phenoxy) is 1. The highest BCUT2D eigenvalue weighted by Gasteiger charge is 2.42. The Kier molecular flexibility index (Phi) is 26.7. The molecule has 0 radical (unpaired) electrons. The molecule has 1 unspecified atom stereocenters. The van der Waals surface area contributed by atoms with Crippen LogP contribution in [0.15, 0.2) is 109 Å². The number of aromatic amines is 1. The molecule has 490 valence electrons. The highest BCUT2D eigenvalue weighted by molar-refractivity contribution is 6.02. The maximum atomic E-state index is 14.3. The summed E-state index contributed by atoms with van der Waals surface area (Å²) in [5.74, 6) is -4.96. The lowest BCUT2D eigenvalue weighted by atomic mass is 9.76. The summed E-state index contributed by atoms with van der Waals surface area (Å²) in [6.45, 7) is 22.6. The number of carboxylic acid groups (broad SMARTS) is 1. The van der Waals surface area contributed by atoms with Crippen LogP contribution in [0.2, 0.25) is 0 Å². The number of carbonyl (C=O) groups is 9. The van der Waals surface area contributed by atoms with E-state index in [0.717, 1.165) is 16.7 Å². The van der Waals surface area contributed by atoms with E-state index in [-0.39, 0.29) is 99.0 Å². The number of primary amides is 1. The van der Waals surface area contributed by atoms with E-state index in [9.17, 15) is 48.3 Å². The summed E-state index contributed by atoms with van der Waals surface area (Å²) in [6, 6.07) is 25.3. The van der Waals surface area contributed by atoms with Crippen LogP contribution in [0.25, 0.3) is 22.5 Å². The summed E-state index contributed by atoms with van der Waals surface area (Å²) in [5, 5.41) is 32.7. The SMILES string of the molecule is CC.CN[C@H](C(=O)NC(C(=O)N(C)[C@H](/C=C(\C)C(=O)O)C(C)C)C(C)(C)C)C(C)(C)c1cccc(CC(=O)OCc2ccc(CC(=O)[C@H](CCCNC(N)=O)NC(=O)[C@@H](CC(=O)CCC(=O)N3Cc4ccccc4-c4n[nH]nc4-c4ccccc43)C(C)C)cc2)c1. The Balaban J connectivity index is 0.00000744. The quantitative estimate of drug-likeness (QED) is 0.0134. The lowest BCUT2D eigenvalue weighted by molar-refractivity contribution is -0.144. The van der Waals surface area contributed by atoms with Crippen LogP contribution in [0, 0.1) is 23.2 Å². The first-order valence-electron chi connectivity index (χ1n) is 31.3. The smallest absolute Gasteiger partial charge is 0.331 e. The third-order valence-corrected chi connectivity index (χ3v) is 16.5. The first kappa shape index (κ1) is 72.9. The van der Waals surface area contributed by atoms with E-state index < -0.39 is 70.7 Å². The molecule has 0 aliphatic carbocycles. The molecule has 0 fully saturated rings. The molecule has 1 aromatic heterocycles. The second kappa shape index (κ2) is 33.3. The van der Waals surface area contributed by atoms with Gasteiger partial charge in [-0.15, -0.1) is 0 Å². The van der Waals surface area contributed by atoms with Crippen molar-refractivity contribution in [2.75, 3.05) is 25.5 Å². The maximum absolute atomic E-state index is 14.3. The maximum Gasteiger partial charge on any atom is 0.331 e. The van der Waals surface area contributed by atoms with Gasteiger partial charge in [0.05, 0.1) is 36.8 Å². The molecule has 6 rings (SSSR count). The molecule has 6 amide bonds. The van der Waals surface area contributed by atoms with Gasteiger partial charge < -0.3 is 46.6 Å². The van der Waals surface area contributed by atoms with Crippen molar-refractivity contribution >= 4 is 58.9 Å². The van der Waals surface area contributed by atoms with Gasteiger partial charge in [-0.25, -0.2) is 9.59 Å². The molecule has 1 aliphatic heterocycles. The predicted octanol–water partition coefficient (Wildman–Crippen LogP) is 8.96. The van der Waals surface area contributed by atoms with Crippen molar-refractivity contribution in [2.24, 2.45) is 28.9 Å². The Morgan fingerprint density at radius 1 is 0.758 bits per heavy atom. The fourth-order valence-electron chi connectivity index (χ4n) is 11.2. The van der Waals surface area contributed by atoms with Crippen molar-refractivity contribution in [2.45, 2.75) is 171 Å². The number of carbonyl (C=O) groups excluding carboxylic acids is 8. The van der Waals surface area contributed by atoms with Crippen LogP contribution in [0.1, 0.15) is 143 Å². The Morgan fingerprint density at radius 3 is 2.00 bits per heavy atom. The third-order valence-electron chi connectivity index (χ3n) is 16.5. The number of carboxylic acids is 1. The van der Waals surface area contributed by atoms with E-state index in [1.54, 1.807) is 61.5 Å². The number of ketones is 2. The molecule has 1 aliphatic rings. The van der Waals surface area contributed by atoms with Gasteiger partial charge in [0.1, 0.15) is 29.8 Å². The van der Waals surface area contributed by atoms with Crippen LogP contribution in [0.3, 0.4) is 0 Å². The number of benzene rings is 4. The third kappa shape index (κ3) is 19.8. The summed E-state index contributed by atoms with van der Waals surface area (Å²) in [5.41, 5.74) is 10.8. The Hall–Kier alpha value is -8.85. The van der Waals surface area contributed by atoms with Crippen molar-refractivity contribution in [3.8, 4) is 22.5 Å².